The molecule has 0 aromatic carbocycles. The SMILES string of the molecule is Cc1ccc(C=CCCN)c(Cl)n1. The van der Waals surface area contributed by atoms with Crippen molar-refractivity contribution in [2.45, 2.75) is 13.3 Å². The summed E-state index contributed by atoms with van der Waals surface area (Å²) in [4.78, 5) is 4.14. The summed E-state index contributed by atoms with van der Waals surface area (Å²) in [7, 11) is 0. The van der Waals surface area contributed by atoms with Crippen molar-refractivity contribution in [1.82, 2.24) is 4.98 Å². The van der Waals surface area contributed by atoms with Crippen molar-refractivity contribution < 1.29 is 0 Å². The van der Waals surface area contributed by atoms with E-state index in [1.165, 1.54) is 0 Å². The molecule has 0 bridgehead atoms. The van der Waals surface area contributed by atoms with Crippen molar-refractivity contribution in [3.63, 3.8) is 0 Å². The first kappa shape index (κ1) is 10.2. The van der Waals surface area contributed by atoms with Crippen molar-refractivity contribution >= 4 is 17.7 Å². The van der Waals surface area contributed by atoms with Gasteiger partial charge in [0.05, 0.1) is 0 Å². The molecule has 1 aromatic rings. The lowest BCUT2D eigenvalue weighted by molar-refractivity contribution is 1.01. The van der Waals surface area contributed by atoms with Gasteiger partial charge in [-0.25, -0.2) is 4.98 Å². The molecule has 0 aliphatic heterocycles. The van der Waals surface area contributed by atoms with Gasteiger partial charge in [0.2, 0.25) is 0 Å². The van der Waals surface area contributed by atoms with Crippen LogP contribution >= 0.6 is 11.6 Å². The lowest BCUT2D eigenvalue weighted by atomic mass is 10.2. The predicted octanol–water partition coefficient (Wildman–Crippen LogP) is 2.41. The third-order valence-corrected chi connectivity index (χ3v) is 1.95. The normalized spacial score (nSPS) is 11.0. The van der Waals surface area contributed by atoms with E-state index in [-0.39, 0.29) is 0 Å². The molecule has 70 valence electrons. The Balaban J connectivity index is 2.77. The second-order valence-electron chi connectivity index (χ2n) is 2.81. The number of pyridine rings is 1. The Hall–Kier alpha value is -0.860. The largest absolute Gasteiger partial charge is 0.330 e. The summed E-state index contributed by atoms with van der Waals surface area (Å²) < 4.78 is 0. The van der Waals surface area contributed by atoms with Crippen molar-refractivity contribution in [2.75, 3.05) is 6.54 Å². The standard InChI is InChI=1S/C10H13ClN2/c1-8-5-6-9(10(11)13-8)4-2-3-7-12/h2,4-6H,3,7,12H2,1H3. The van der Waals surface area contributed by atoms with Crippen molar-refractivity contribution in [1.29, 1.82) is 0 Å². The smallest absolute Gasteiger partial charge is 0.136 e. The highest BCUT2D eigenvalue weighted by molar-refractivity contribution is 6.30. The van der Waals surface area contributed by atoms with E-state index in [2.05, 4.69) is 4.98 Å². The fourth-order valence-electron chi connectivity index (χ4n) is 0.967. The molecule has 2 N–H and O–H groups in total. The molecule has 2 nitrogen and oxygen atoms in total. The molecule has 0 saturated heterocycles. The Morgan fingerprint density at radius 3 is 2.92 bits per heavy atom. The summed E-state index contributed by atoms with van der Waals surface area (Å²) in [5.74, 6) is 0. The van der Waals surface area contributed by atoms with Gasteiger partial charge in [-0.3, -0.25) is 0 Å². The second-order valence-corrected chi connectivity index (χ2v) is 3.17. The number of rotatable bonds is 3. The van der Waals surface area contributed by atoms with Gasteiger partial charge in [0.1, 0.15) is 5.15 Å². The third kappa shape index (κ3) is 3.17. The molecule has 1 rings (SSSR count). The van der Waals surface area contributed by atoms with E-state index in [1.54, 1.807) is 0 Å². The molecule has 0 radical (unpaired) electrons. The van der Waals surface area contributed by atoms with Gasteiger partial charge in [-0.1, -0.05) is 29.8 Å². The van der Waals surface area contributed by atoms with Crippen LogP contribution in [0.3, 0.4) is 0 Å². The van der Waals surface area contributed by atoms with Gasteiger partial charge in [-0.2, -0.15) is 0 Å². The molecule has 0 amide bonds. The molecule has 0 fully saturated rings. The number of halogens is 1. The van der Waals surface area contributed by atoms with Crippen LogP contribution in [-0.2, 0) is 0 Å². The predicted molar refractivity (Wildman–Crippen MR) is 56.7 cm³/mol. The minimum absolute atomic E-state index is 0.549. The molecule has 1 heterocycles. The minimum atomic E-state index is 0.549. The van der Waals surface area contributed by atoms with Crippen molar-refractivity contribution in [3.05, 3.63) is 34.6 Å². The molecule has 0 aliphatic carbocycles. The first-order valence-electron chi connectivity index (χ1n) is 4.24. The third-order valence-electron chi connectivity index (χ3n) is 1.65. The van der Waals surface area contributed by atoms with Gasteiger partial charge in [0.25, 0.3) is 0 Å². The number of hydrogen-bond acceptors (Lipinski definition) is 2. The van der Waals surface area contributed by atoms with Crippen LogP contribution in [0.4, 0.5) is 0 Å². The average Bonchev–Trinajstić information content (AvgIpc) is 2.09. The fourth-order valence-corrected chi connectivity index (χ4v) is 1.23. The molecule has 0 saturated carbocycles. The van der Waals surface area contributed by atoms with Crippen LogP contribution in [0.1, 0.15) is 17.7 Å². The van der Waals surface area contributed by atoms with Gasteiger partial charge >= 0.3 is 0 Å². The summed E-state index contributed by atoms with van der Waals surface area (Å²) in [6, 6.07) is 3.89. The molecule has 1 aromatic heterocycles. The Kier molecular flexibility index (Phi) is 3.93. The first-order valence-corrected chi connectivity index (χ1v) is 4.61. The number of hydrogen-bond donors (Lipinski definition) is 1. The zero-order valence-corrected chi connectivity index (χ0v) is 8.38. The van der Waals surface area contributed by atoms with E-state index in [0.717, 1.165) is 17.7 Å². The molecule has 0 spiro atoms. The number of aromatic nitrogens is 1. The lowest BCUT2D eigenvalue weighted by Gasteiger charge is -1.98. The topological polar surface area (TPSA) is 38.9 Å². The van der Waals surface area contributed by atoms with E-state index < -0.39 is 0 Å². The maximum absolute atomic E-state index is 5.91. The zero-order valence-electron chi connectivity index (χ0n) is 7.63. The lowest BCUT2D eigenvalue weighted by Crippen LogP contribution is -1.95. The van der Waals surface area contributed by atoms with Crippen LogP contribution in [-0.4, -0.2) is 11.5 Å². The highest BCUT2D eigenvalue weighted by atomic mass is 35.5. The van der Waals surface area contributed by atoms with E-state index in [4.69, 9.17) is 17.3 Å². The van der Waals surface area contributed by atoms with Gasteiger partial charge in [-0.05, 0) is 26.0 Å². The van der Waals surface area contributed by atoms with E-state index in [1.807, 2.05) is 31.2 Å². The van der Waals surface area contributed by atoms with E-state index in [9.17, 15) is 0 Å². The van der Waals surface area contributed by atoms with Gasteiger partial charge in [0, 0.05) is 11.3 Å². The first-order chi connectivity index (χ1) is 6.24. The average molecular weight is 197 g/mol. The Bertz CT molecular complexity index is 308. The molecule has 0 atom stereocenters. The summed E-state index contributed by atoms with van der Waals surface area (Å²) in [5, 5.41) is 0.549. The number of nitrogens with two attached hydrogens (primary N) is 1. The Morgan fingerprint density at radius 1 is 1.54 bits per heavy atom. The second kappa shape index (κ2) is 5.00. The number of aryl methyl sites for hydroxylation is 1. The van der Waals surface area contributed by atoms with Crippen LogP contribution in [0.25, 0.3) is 6.08 Å². The Labute approximate surface area is 83.4 Å². The summed E-state index contributed by atoms with van der Waals surface area (Å²) in [6.07, 6.45) is 4.81. The van der Waals surface area contributed by atoms with Crippen LogP contribution in [0.15, 0.2) is 18.2 Å². The van der Waals surface area contributed by atoms with E-state index >= 15 is 0 Å². The van der Waals surface area contributed by atoms with Crippen LogP contribution in [0.2, 0.25) is 5.15 Å². The Morgan fingerprint density at radius 2 is 2.31 bits per heavy atom. The van der Waals surface area contributed by atoms with Gasteiger partial charge < -0.3 is 5.73 Å². The molecule has 13 heavy (non-hydrogen) atoms. The van der Waals surface area contributed by atoms with Crippen molar-refractivity contribution in [2.24, 2.45) is 5.73 Å². The minimum Gasteiger partial charge on any atom is -0.330 e. The molecular weight excluding hydrogens is 184 g/mol. The number of nitrogens with zero attached hydrogens (tertiary/aromatic N) is 1. The fraction of sp³-hybridized carbons (Fsp3) is 0.300. The van der Waals surface area contributed by atoms with Gasteiger partial charge in [-0.15, -0.1) is 0 Å². The molecule has 0 unspecified atom stereocenters. The van der Waals surface area contributed by atoms with E-state index in [0.29, 0.717) is 11.7 Å². The monoisotopic (exact) mass is 196 g/mol. The van der Waals surface area contributed by atoms with Crippen LogP contribution in [0, 0.1) is 6.92 Å². The highest BCUT2D eigenvalue weighted by Crippen LogP contribution is 2.15. The zero-order chi connectivity index (χ0) is 9.68. The quantitative estimate of drug-likeness (QED) is 0.755. The summed E-state index contributed by atoms with van der Waals surface area (Å²) in [5.41, 5.74) is 7.23. The maximum Gasteiger partial charge on any atom is 0.136 e. The molecule has 0 aliphatic rings. The van der Waals surface area contributed by atoms with Crippen molar-refractivity contribution in [3.8, 4) is 0 Å². The summed E-state index contributed by atoms with van der Waals surface area (Å²) >= 11 is 5.91. The van der Waals surface area contributed by atoms with Crippen LogP contribution < -0.4 is 5.73 Å². The molecular formula is C10H13ClN2. The summed E-state index contributed by atoms with van der Waals surface area (Å²) in [6.45, 7) is 2.58. The maximum atomic E-state index is 5.91. The van der Waals surface area contributed by atoms with Gasteiger partial charge in [0.15, 0.2) is 0 Å². The van der Waals surface area contributed by atoms with Crippen LogP contribution in [0.5, 0.6) is 0 Å². The highest BCUT2D eigenvalue weighted by Gasteiger charge is 1.96. The molecule has 3 heteroatoms.